The van der Waals surface area contributed by atoms with E-state index in [1.807, 2.05) is 6.07 Å². The van der Waals surface area contributed by atoms with Crippen molar-refractivity contribution in [2.24, 2.45) is 0 Å². The van der Waals surface area contributed by atoms with E-state index in [-0.39, 0.29) is 0 Å². The Labute approximate surface area is 143 Å². The van der Waals surface area contributed by atoms with Gasteiger partial charge in [-0.15, -0.1) is 0 Å². The van der Waals surface area contributed by atoms with Crippen LogP contribution in [0.4, 0.5) is 0 Å². The zero-order chi connectivity index (χ0) is 16.9. The summed E-state index contributed by atoms with van der Waals surface area (Å²) in [5, 5.41) is 10.0. The minimum absolute atomic E-state index is 0.394. The number of hydrogen-bond acceptors (Lipinski definition) is 4. The average Bonchev–Trinajstić information content (AvgIpc) is 2.62. The van der Waals surface area contributed by atoms with Gasteiger partial charge >= 0.3 is 5.97 Å². The van der Waals surface area contributed by atoms with E-state index in [2.05, 4.69) is 9.97 Å². The van der Waals surface area contributed by atoms with Crippen LogP contribution < -0.4 is 4.74 Å². The third-order valence-electron chi connectivity index (χ3n) is 3.38. The largest absolute Gasteiger partial charge is 0.478 e. The van der Waals surface area contributed by atoms with E-state index < -0.39 is 12.1 Å². The van der Waals surface area contributed by atoms with Gasteiger partial charge in [-0.25, -0.2) is 14.8 Å². The highest BCUT2D eigenvalue weighted by Gasteiger charge is 2.23. The fraction of sp³-hybridized carbons (Fsp3) is 0.0556. The smallest absolute Gasteiger partial charge is 0.349 e. The van der Waals surface area contributed by atoms with Gasteiger partial charge in [0, 0.05) is 34.1 Å². The number of hydrogen-bond donors (Lipinski definition) is 1. The number of carboxylic acids is 1. The molecule has 3 aromatic rings. The molecular formula is C18H13ClN2O3. The van der Waals surface area contributed by atoms with Gasteiger partial charge in [-0.2, -0.15) is 0 Å². The van der Waals surface area contributed by atoms with Crippen LogP contribution in [0.5, 0.6) is 5.75 Å². The van der Waals surface area contributed by atoms with Crippen molar-refractivity contribution in [2.45, 2.75) is 6.10 Å². The quantitative estimate of drug-likeness (QED) is 0.760. The van der Waals surface area contributed by atoms with Crippen LogP contribution in [0.25, 0.3) is 11.1 Å². The lowest BCUT2D eigenvalue weighted by molar-refractivity contribution is -0.145. The molecule has 0 bridgehead atoms. The number of aromatic nitrogens is 2. The molecule has 5 nitrogen and oxygen atoms in total. The predicted molar refractivity (Wildman–Crippen MR) is 89.9 cm³/mol. The number of ether oxygens (including phenoxy) is 1. The topological polar surface area (TPSA) is 72.3 Å². The summed E-state index contributed by atoms with van der Waals surface area (Å²) >= 11 is 6.07. The van der Waals surface area contributed by atoms with Crippen molar-refractivity contribution in [2.75, 3.05) is 0 Å². The second kappa shape index (κ2) is 7.10. The summed E-state index contributed by atoms with van der Waals surface area (Å²) in [6, 6.07) is 13.7. The molecule has 1 unspecified atom stereocenters. The third kappa shape index (κ3) is 3.52. The van der Waals surface area contributed by atoms with Crippen LogP contribution in [-0.4, -0.2) is 21.0 Å². The highest BCUT2D eigenvalue weighted by atomic mass is 35.5. The first-order valence-electron chi connectivity index (χ1n) is 7.14. The number of rotatable bonds is 5. The summed E-state index contributed by atoms with van der Waals surface area (Å²) in [6.07, 6.45) is 3.52. The van der Waals surface area contributed by atoms with Gasteiger partial charge in [0.05, 0.1) is 0 Å². The van der Waals surface area contributed by atoms with Crippen molar-refractivity contribution in [1.82, 2.24) is 9.97 Å². The molecule has 0 radical (unpaired) electrons. The van der Waals surface area contributed by atoms with Crippen molar-refractivity contribution in [1.29, 1.82) is 0 Å². The molecule has 0 saturated carbocycles. The number of nitrogens with zero attached hydrogens (tertiary/aromatic N) is 2. The van der Waals surface area contributed by atoms with Crippen LogP contribution in [0.3, 0.4) is 0 Å². The highest BCUT2D eigenvalue weighted by Crippen LogP contribution is 2.34. The zero-order valence-corrected chi connectivity index (χ0v) is 13.2. The van der Waals surface area contributed by atoms with Gasteiger partial charge in [0.25, 0.3) is 0 Å². The van der Waals surface area contributed by atoms with E-state index in [4.69, 9.17) is 16.3 Å². The molecule has 0 saturated heterocycles. The van der Waals surface area contributed by atoms with Crippen molar-refractivity contribution >= 4 is 17.6 Å². The molecule has 1 aromatic heterocycles. The van der Waals surface area contributed by atoms with Crippen LogP contribution in [-0.2, 0) is 4.79 Å². The summed E-state index contributed by atoms with van der Waals surface area (Å²) in [6.45, 7) is 0. The Kier molecular flexibility index (Phi) is 4.72. The molecule has 0 aliphatic heterocycles. The van der Waals surface area contributed by atoms with Gasteiger partial charge < -0.3 is 9.84 Å². The Morgan fingerprint density at radius 2 is 1.79 bits per heavy atom. The molecule has 0 aliphatic rings. The van der Waals surface area contributed by atoms with Crippen LogP contribution in [0.15, 0.2) is 67.3 Å². The Morgan fingerprint density at radius 3 is 2.46 bits per heavy atom. The highest BCUT2D eigenvalue weighted by molar-refractivity contribution is 6.31. The zero-order valence-electron chi connectivity index (χ0n) is 12.5. The first kappa shape index (κ1) is 16.0. The summed E-state index contributed by atoms with van der Waals surface area (Å²) in [5.41, 5.74) is 1.87. The molecule has 6 heteroatoms. The van der Waals surface area contributed by atoms with Crippen molar-refractivity contribution in [3.05, 3.63) is 77.8 Å². The molecule has 120 valence electrons. The first-order chi connectivity index (χ1) is 11.6. The molecule has 0 spiro atoms. The fourth-order valence-corrected chi connectivity index (χ4v) is 2.46. The minimum atomic E-state index is -1.13. The monoisotopic (exact) mass is 340 g/mol. The van der Waals surface area contributed by atoms with Crippen LogP contribution in [0.1, 0.15) is 11.7 Å². The van der Waals surface area contributed by atoms with E-state index in [0.717, 1.165) is 0 Å². The average molecular weight is 341 g/mol. The molecule has 0 amide bonds. The fourth-order valence-electron chi connectivity index (χ4n) is 2.28. The number of aliphatic carboxylic acids is 1. The predicted octanol–water partition coefficient (Wildman–Crippen LogP) is 4.00. The van der Waals surface area contributed by atoms with Gasteiger partial charge in [-0.3, -0.25) is 0 Å². The van der Waals surface area contributed by atoms with Gasteiger partial charge in [0.1, 0.15) is 12.1 Å². The molecule has 1 N–H and O–H groups in total. The Morgan fingerprint density at radius 1 is 1.08 bits per heavy atom. The normalized spacial score (nSPS) is 11.7. The molecule has 1 atom stereocenters. The second-order valence-electron chi connectivity index (χ2n) is 5.01. The summed E-state index contributed by atoms with van der Waals surface area (Å²) in [7, 11) is 0. The Balaban J connectivity index is 2.01. The van der Waals surface area contributed by atoms with E-state index in [9.17, 15) is 9.90 Å². The minimum Gasteiger partial charge on any atom is -0.478 e. The Hall–Kier alpha value is -2.92. The molecule has 24 heavy (non-hydrogen) atoms. The van der Waals surface area contributed by atoms with Gasteiger partial charge in [-0.1, -0.05) is 41.9 Å². The number of halogens is 1. The van der Waals surface area contributed by atoms with Crippen LogP contribution in [0, 0.1) is 0 Å². The summed E-state index contributed by atoms with van der Waals surface area (Å²) in [5.74, 6) is -0.683. The molecule has 2 aromatic carbocycles. The standard InChI is InChI=1S/C18H13ClN2O3/c19-14-6-7-16(15(8-14)13-9-20-11-21-10-13)24-17(18(22)23)12-4-2-1-3-5-12/h1-11,17H,(H,22,23). The molecule has 0 fully saturated rings. The van der Waals surface area contributed by atoms with E-state index in [0.29, 0.717) is 27.5 Å². The van der Waals surface area contributed by atoms with Gasteiger partial charge in [-0.05, 0) is 18.2 Å². The maximum atomic E-state index is 11.6. The van der Waals surface area contributed by atoms with Crippen molar-refractivity contribution < 1.29 is 14.6 Å². The summed E-state index contributed by atoms with van der Waals surface area (Å²) in [4.78, 5) is 19.6. The van der Waals surface area contributed by atoms with Gasteiger partial charge in [0.2, 0.25) is 6.10 Å². The summed E-state index contributed by atoms with van der Waals surface area (Å²) < 4.78 is 5.79. The first-order valence-corrected chi connectivity index (χ1v) is 7.52. The number of carboxylic acid groups (broad SMARTS) is 1. The lowest BCUT2D eigenvalue weighted by Crippen LogP contribution is -2.18. The van der Waals surface area contributed by atoms with Crippen LogP contribution in [0.2, 0.25) is 5.02 Å². The molecule has 1 heterocycles. The molecule has 3 rings (SSSR count). The van der Waals surface area contributed by atoms with Gasteiger partial charge in [0.15, 0.2) is 0 Å². The molecular weight excluding hydrogens is 328 g/mol. The van der Waals surface area contributed by atoms with Crippen molar-refractivity contribution in [3.63, 3.8) is 0 Å². The van der Waals surface area contributed by atoms with Crippen molar-refractivity contribution in [3.8, 4) is 16.9 Å². The SMILES string of the molecule is O=C(O)C(Oc1ccc(Cl)cc1-c1cncnc1)c1ccccc1. The molecule has 0 aliphatic carbocycles. The van der Waals surface area contributed by atoms with E-state index in [1.54, 1.807) is 54.9 Å². The lowest BCUT2D eigenvalue weighted by Gasteiger charge is -2.18. The lowest BCUT2D eigenvalue weighted by atomic mass is 10.1. The maximum Gasteiger partial charge on any atom is 0.349 e. The maximum absolute atomic E-state index is 11.6. The van der Waals surface area contributed by atoms with E-state index >= 15 is 0 Å². The Bertz CT molecular complexity index is 841. The second-order valence-corrected chi connectivity index (χ2v) is 5.45. The number of carbonyl (C=O) groups is 1. The van der Waals surface area contributed by atoms with E-state index in [1.165, 1.54) is 6.33 Å². The number of benzene rings is 2. The van der Waals surface area contributed by atoms with Crippen LogP contribution >= 0.6 is 11.6 Å². The third-order valence-corrected chi connectivity index (χ3v) is 3.62.